The van der Waals surface area contributed by atoms with Crippen LogP contribution in [0.1, 0.15) is 38.8 Å². The Bertz CT molecular complexity index is 892. The predicted molar refractivity (Wildman–Crippen MR) is 101 cm³/mol. The lowest BCUT2D eigenvalue weighted by atomic mass is 9.78. The minimum Gasteiger partial charge on any atom is -0.455 e. The average Bonchev–Trinajstić information content (AvgIpc) is 2.66. The zero-order valence-corrected chi connectivity index (χ0v) is 15.7. The van der Waals surface area contributed by atoms with Crippen LogP contribution in [0, 0.1) is 11.8 Å². The Hall–Kier alpha value is -2.70. The summed E-state index contributed by atoms with van der Waals surface area (Å²) in [5.41, 5.74) is 0.114. The van der Waals surface area contributed by atoms with Crippen molar-refractivity contribution in [3.8, 4) is 0 Å². The number of fused-ring (bicyclic) bond motifs is 1. The molecule has 1 saturated carbocycles. The van der Waals surface area contributed by atoms with E-state index in [4.69, 9.17) is 4.74 Å². The van der Waals surface area contributed by atoms with Gasteiger partial charge in [-0.2, -0.15) is 5.10 Å². The Balaban J connectivity index is 1.55. The second-order valence-electron chi connectivity index (χ2n) is 7.32. The van der Waals surface area contributed by atoms with Crippen LogP contribution in [0.4, 0.5) is 0 Å². The van der Waals surface area contributed by atoms with Crippen LogP contribution in [0.2, 0.25) is 0 Å². The summed E-state index contributed by atoms with van der Waals surface area (Å²) in [6, 6.07) is 7.06. The van der Waals surface area contributed by atoms with Gasteiger partial charge in [0.2, 0.25) is 0 Å². The summed E-state index contributed by atoms with van der Waals surface area (Å²) in [7, 11) is 0. The second-order valence-corrected chi connectivity index (χ2v) is 7.32. The van der Waals surface area contributed by atoms with Crippen LogP contribution in [0.25, 0.3) is 10.8 Å². The largest absolute Gasteiger partial charge is 0.455 e. The Morgan fingerprint density at radius 1 is 1.22 bits per heavy atom. The number of rotatable bonds is 5. The molecule has 2 N–H and O–H groups in total. The van der Waals surface area contributed by atoms with Crippen LogP contribution in [0.3, 0.4) is 0 Å². The van der Waals surface area contributed by atoms with Gasteiger partial charge >= 0.3 is 5.97 Å². The molecule has 1 heterocycles. The molecule has 0 radical (unpaired) electrons. The summed E-state index contributed by atoms with van der Waals surface area (Å²) in [5, 5.41) is 10.4. The number of benzene rings is 1. The molecular weight excluding hydrogens is 346 g/mol. The van der Waals surface area contributed by atoms with Crippen molar-refractivity contribution >= 4 is 22.6 Å². The van der Waals surface area contributed by atoms with E-state index < -0.39 is 5.97 Å². The molecule has 1 aromatic heterocycles. The second kappa shape index (κ2) is 8.33. The molecule has 7 nitrogen and oxygen atoms in total. The van der Waals surface area contributed by atoms with Crippen molar-refractivity contribution in [2.45, 2.75) is 45.6 Å². The molecule has 0 aliphatic heterocycles. The molecule has 0 unspecified atom stereocenters. The van der Waals surface area contributed by atoms with Crippen LogP contribution in [-0.4, -0.2) is 34.7 Å². The smallest absolute Gasteiger partial charge is 0.312 e. The van der Waals surface area contributed by atoms with Gasteiger partial charge < -0.3 is 10.1 Å². The summed E-state index contributed by atoms with van der Waals surface area (Å²) in [6.07, 6.45) is 3.13. The summed E-state index contributed by atoms with van der Waals surface area (Å²) in [4.78, 5) is 36.0. The number of amides is 1. The monoisotopic (exact) mass is 371 g/mol. The molecule has 0 bridgehead atoms. The number of ether oxygens (including phenoxy) is 1. The quantitative estimate of drug-likeness (QED) is 0.783. The Kier molecular flexibility index (Phi) is 5.88. The zero-order chi connectivity index (χ0) is 19.4. The maximum atomic E-state index is 12.1. The van der Waals surface area contributed by atoms with Gasteiger partial charge in [-0.1, -0.05) is 44.9 Å². The molecular formula is C20H25N3O4. The van der Waals surface area contributed by atoms with E-state index in [0.29, 0.717) is 28.3 Å². The number of carbonyl (C=O) groups is 2. The molecule has 144 valence electrons. The maximum absolute atomic E-state index is 12.1. The van der Waals surface area contributed by atoms with Crippen molar-refractivity contribution < 1.29 is 14.3 Å². The van der Waals surface area contributed by atoms with Gasteiger partial charge in [0, 0.05) is 11.4 Å². The lowest BCUT2D eigenvalue weighted by Crippen LogP contribution is -2.45. The molecule has 0 saturated heterocycles. The van der Waals surface area contributed by atoms with Gasteiger partial charge in [0.15, 0.2) is 6.61 Å². The number of nitrogens with one attached hydrogen (secondary N) is 2. The highest BCUT2D eigenvalue weighted by atomic mass is 16.5. The molecule has 7 heteroatoms. The first kappa shape index (κ1) is 19.1. The number of H-pyrrole nitrogens is 1. The van der Waals surface area contributed by atoms with Gasteiger partial charge in [-0.25, -0.2) is 5.10 Å². The first-order chi connectivity index (χ1) is 13.0. The van der Waals surface area contributed by atoms with E-state index >= 15 is 0 Å². The van der Waals surface area contributed by atoms with E-state index in [1.165, 1.54) is 6.42 Å². The first-order valence-electron chi connectivity index (χ1n) is 9.37. The SMILES string of the molecule is C[C@@H]1[C@@H](C)CCC[C@H]1NC(=O)COC(=O)Cc1n[nH]c(=O)c2ccccc12. The van der Waals surface area contributed by atoms with Gasteiger partial charge in [0.05, 0.1) is 17.5 Å². The number of nitrogens with zero attached hydrogens (tertiary/aromatic N) is 1. The Labute approximate surface area is 157 Å². The first-order valence-corrected chi connectivity index (χ1v) is 9.37. The predicted octanol–water partition coefficient (Wildman–Crippen LogP) is 1.95. The summed E-state index contributed by atoms with van der Waals surface area (Å²) in [5.74, 6) is 0.148. The Morgan fingerprint density at radius 2 is 1.96 bits per heavy atom. The van der Waals surface area contributed by atoms with Crippen molar-refractivity contribution in [1.29, 1.82) is 0 Å². The summed E-state index contributed by atoms with van der Waals surface area (Å²) in [6.45, 7) is 4.04. The zero-order valence-electron chi connectivity index (χ0n) is 15.7. The molecule has 1 aliphatic carbocycles. The molecule has 27 heavy (non-hydrogen) atoms. The number of hydrogen-bond acceptors (Lipinski definition) is 5. The fourth-order valence-corrected chi connectivity index (χ4v) is 3.67. The van der Waals surface area contributed by atoms with Crippen molar-refractivity contribution in [2.24, 2.45) is 11.8 Å². The normalized spacial score (nSPS) is 22.4. The van der Waals surface area contributed by atoms with Crippen LogP contribution < -0.4 is 10.9 Å². The van der Waals surface area contributed by atoms with E-state index in [9.17, 15) is 14.4 Å². The fraction of sp³-hybridized carbons (Fsp3) is 0.500. The molecule has 3 atom stereocenters. The molecule has 1 amide bonds. The van der Waals surface area contributed by atoms with Crippen LogP contribution in [0.15, 0.2) is 29.1 Å². The van der Waals surface area contributed by atoms with Crippen LogP contribution in [-0.2, 0) is 20.7 Å². The van der Waals surface area contributed by atoms with Crippen LogP contribution in [0.5, 0.6) is 0 Å². The third-order valence-electron chi connectivity index (χ3n) is 5.50. The van der Waals surface area contributed by atoms with Crippen molar-refractivity contribution in [3.05, 3.63) is 40.3 Å². The summed E-state index contributed by atoms with van der Waals surface area (Å²) < 4.78 is 5.11. The minimum absolute atomic E-state index is 0.110. The molecule has 1 aliphatic rings. The van der Waals surface area contributed by atoms with Gasteiger partial charge in [-0.3, -0.25) is 14.4 Å². The third kappa shape index (κ3) is 4.53. The molecule has 0 spiro atoms. The van der Waals surface area contributed by atoms with E-state index in [1.54, 1.807) is 24.3 Å². The number of aromatic amines is 1. The number of esters is 1. The fourth-order valence-electron chi connectivity index (χ4n) is 3.67. The van der Waals surface area contributed by atoms with E-state index in [-0.39, 0.29) is 30.5 Å². The minimum atomic E-state index is -0.556. The summed E-state index contributed by atoms with van der Waals surface area (Å²) >= 11 is 0. The highest BCUT2D eigenvalue weighted by molar-refractivity contribution is 5.87. The lowest BCUT2D eigenvalue weighted by Gasteiger charge is -2.34. The van der Waals surface area contributed by atoms with Gasteiger partial charge in [-0.15, -0.1) is 0 Å². The molecule has 1 aromatic carbocycles. The number of hydrogen-bond donors (Lipinski definition) is 2. The van der Waals surface area contributed by atoms with Gasteiger partial charge in [-0.05, 0) is 24.3 Å². The molecule has 1 fully saturated rings. The van der Waals surface area contributed by atoms with E-state index in [0.717, 1.165) is 12.8 Å². The third-order valence-corrected chi connectivity index (χ3v) is 5.50. The highest BCUT2D eigenvalue weighted by Crippen LogP contribution is 2.29. The highest BCUT2D eigenvalue weighted by Gasteiger charge is 2.28. The number of aromatic nitrogens is 2. The van der Waals surface area contributed by atoms with Crippen LogP contribution >= 0.6 is 0 Å². The van der Waals surface area contributed by atoms with E-state index in [1.807, 2.05) is 0 Å². The van der Waals surface area contributed by atoms with Gasteiger partial charge in [0.25, 0.3) is 11.5 Å². The number of carbonyl (C=O) groups excluding carboxylic acids is 2. The maximum Gasteiger partial charge on any atom is 0.312 e. The average molecular weight is 371 g/mol. The van der Waals surface area contributed by atoms with Crippen molar-refractivity contribution in [3.63, 3.8) is 0 Å². The molecule has 3 rings (SSSR count). The van der Waals surface area contributed by atoms with E-state index in [2.05, 4.69) is 29.4 Å². The standard InChI is InChI=1S/C20H25N3O4/c1-12-6-5-9-16(13(12)2)21-18(24)11-27-19(25)10-17-14-7-3-4-8-15(14)20(26)23-22-17/h3-4,7-8,12-13,16H,5-6,9-11H2,1-2H3,(H,21,24)(H,23,26)/t12-,13+,16+/m0/s1. The lowest BCUT2D eigenvalue weighted by molar-refractivity contribution is -0.148. The molecule has 2 aromatic rings. The van der Waals surface area contributed by atoms with Gasteiger partial charge in [0.1, 0.15) is 0 Å². The van der Waals surface area contributed by atoms with Crippen molar-refractivity contribution in [1.82, 2.24) is 15.5 Å². The topological polar surface area (TPSA) is 101 Å². The van der Waals surface area contributed by atoms with Crippen molar-refractivity contribution in [2.75, 3.05) is 6.61 Å². The Morgan fingerprint density at radius 3 is 2.74 bits per heavy atom.